The number of nitrogens with one attached hydrogen (secondary N) is 1. The van der Waals surface area contributed by atoms with Crippen LogP contribution in [0.3, 0.4) is 0 Å². The molecule has 2 aromatic carbocycles. The molecule has 27 heavy (non-hydrogen) atoms. The van der Waals surface area contributed by atoms with E-state index in [9.17, 15) is 23.3 Å². The Kier molecular flexibility index (Phi) is 6.13. The molecule has 0 saturated carbocycles. The zero-order chi connectivity index (χ0) is 20.2. The zero-order valence-electron chi connectivity index (χ0n) is 14.9. The molecule has 0 saturated heterocycles. The number of para-hydroxylation sites is 2. The van der Waals surface area contributed by atoms with E-state index in [1.165, 1.54) is 63.5 Å². The molecule has 0 aromatic heterocycles. The summed E-state index contributed by atoms with van der Waals surface area (Å²) in [6, 6.07) is 11.4. The molecule has 1 amide bonds. The number of nitrogens with zero attached hydrogens (tertiary/aromatic N) is 2. The van der Waals surface area contributed by atoms with Crippen molar-refractivity contribution in [2.45, 2.75) is 17.9 Å². The van der Waals surface area contributed by atoms with Gasteiger partial charge in [-0.3, -0.25) is 14.9 Å². The van der Waals surface area contributed by atoms with Gasteiger partial charge in [-0.2, -0.15) is 0 Å². The number of nitro groups is 1. The van der Waals surface area contributed by atoms with Gasteiger partial charge >= 0.3 is 5.69 Å². The van der Waals surface area contributed by atoms with E-state index in [0.717, 1.165) is 4.31 Å². The van der Waals surface area contributed by atoms with Crippen LogP contribution in [0.1, 0.15) is 6.92 Å². The van der Waals surface area contributed by atoms with Crippen LogP contribution in [0.4, 0.5) is 11.4 Å². The first-order valence-corrected chi connectivity index (χ1v) is 9.30. The third-order valence-electron chi connectivity index (χ3n) is 3.64. The van der Waals surface area contributed by atoms with Crippen LogP contribution < -0.4 is 10.1 Å². The Morgan fingerprint density at radius 3 is 2.30 bits per heavy atom. The fourth-order valence-corrected chi connectivity index (χ4v) is 3.02. The molecule has 2 aromatic rings. The second-order valence-corrected chi connectivity index (χ2v) is 7.94. The molecule has 0 aliphatic carbocycles. The third-order valence-corrected chi connectivity index (χ3v) is 5.46. The number of rotatable bonds is 7. The average Bonchev–Trinajstić information content (AvgIpc) is 2.62. The van der Waals surface area contributed by atoms with Crippen molar-refractivity contribution < 1.29 is 22.9 Å². The molecule has 0 heterocycles. The number of anilines is 1. The number of hydrogen-bond acceptors (Lipinski definition) is 6. The van der Waals surface area contributed by atoms with Crippen molar-refractivity contribution in [1.29, 1.82) is 0 Å². The van der Waals surface area contributed by atoms with Crippen molar-refractivity contribution in [1.82, 2.24) is 4.31 Å². The molecule has 10 heteroatoms. The van der Waals surface area contributed by atoms with Crippen LogP contribution in [0, 0.1) is 10.1 Å². The number of sulfonamides is 1. The minimum absolute atomic E-state index is 0.0161. The highest BCUT2D eigenvalue weighted by Crippen LogP contribution is 2.27. The molecule has 1 atom stereocenters. The highest BCUT2D eigenvalue weighted by atomic mass is 32.2. The van der Waals surface area contributed by atoms with Gasteiger partial charge in [-0.25, -0.2) is 12.7 Å². The maximum atomic E-state index is 12.3. The average molecular weight is 393 g/mol. The monoisotopic (exact) mass is 393 g/mol. The summed E-state index contributed by atoms with van der Waals surface area (Å²) in [7, 11) is -0.713. The molecular weight excluding hydrogens is 374 g/mol. The summed E-state index contributed by atoms with van der Waals surface area (Å²) in [4.78, 5) is 22.8. The first-order valence-electron chi connectivity index (χ1n) is 7.86. The highest BCUT2D eigenvalue weighted by Gasteiger charge is 2.21. The number of nitro benzene ring substituents is 1. The summed E-state index contributed by atoms with van der Waals surface area (Å²) in [5, 5.41) is 13.6. The van der Waals surface area contributed by atoms with Crippen molar-refractivity contribution in [3.63, 3.8) is 0 Å². The molecule has 0 aliphatic rings. The van der Waals surface area contributed by atoms with E-state index in [4.69, 9.17) is 4.74 Å². The first-order chi connectivity index (χ1) is 12.6. The Morgan fingerprint density at radius 2 is 1.74 bits per heavy atom. The maximum Gasteiger partial charge on any atom is 0.310 e. The van der Waals surface area contributed by atoms with Gasteiger partial charge in [0.15, 0.2) is 11.9 Å². The van der Waals surface area contributed by atoms with E-state index in [1.54, 1.807) is 6.07 Å². The Hall–Kier alpha value is -2.98. The molecule has 144 valence electrons. The largest absolute Gasteiger partial charge is 0.474 e. The molecular formula is C17H19N3O6S. The SMILES string of the molecule is CC(Oc1ccccc1[N+](=O)[O-])C(=O)Nc1ccc(S(=O)(=O)N(C)C)cc1. The van der Waals surface area contributed by atoms with Crippen LogP contribution in [-0.4, -0.2) is 43.8 Å². The lowest BCUT2D eigenvalue weighted by molar-refractivity contribution is -0.386. The van der Waals surface area contributed by atoms with E-state index in [1.807, 2.05) is 0 Å². The van der Waals surface area contributed by atoms with E-state index in [2.05, 4.69) is 5.32 Å². The Morgan fingerprint density at radius 1 is 1.15 bits per heavy atom. The van der Waals surface area contributed by atoms with Crippen LogP contribution in [0.2, 0.25) is 0 Å². The molecule has 1 unspecified atom stereocenters. The Labute approximate surface area is 156 Å². The third kappa shape index (κ3) is 4.80. The smallest absolute Gasteiger partial charge is 0.310 e. The number of hydrogen-bond donors (Lipinski definition) is 1. The van der Waals surface area contributed by atoms with Crippen LogP contribution in [0.5, 0.6) is 5.75 Å². The van der Waals surface area contributed by atoms with Crippen LogP contribution in [-0.2, 0) is 14.8 Å². The van der Waals surface area contributed by atoms with E-state index in [-0.39, 0.29) is 16.3 Å². The standard InChI is InChI=1S/C17H19N3O6S/c1-12(26-16-7-5-4-6-15(16)20(22)23)17(21)18-13-8-10-14(11-9-13)27(24,25)19(2)3/h4-12H,1-3H3,(H,18,21). The zero-order valence-corrected chi connectivity index (χ0v) is 15.8. The minimum atomic E-state index is -3.56. The van der Waals surface area contributed by atoms with Gasteiger partial charge in [0, 0.05) is 25.8 Å². The fourth-order valence-electron chi connectivity index (χ4n) is 2.12. The molecule has 0 fully saturated rings. The molecule has 0 bridgehead atoms. The lowest BCUT2D eigenvalue weighted by Crippen LogP contribution is -2.30. The molecule has 0 aliphatic heterocycles. The maximum absolute atomic E-state index is 12.3. The van der Waals surface area contributed by atoms with Gasteiger partial charge in [-0.05, 0) is 37.3 Å². The van der Waals surface area contributed by atoms with Crippen molar-refractivity contribution in [2.24, 2.45) is 0 Å². The first kappa shape index (κ1) is 20.3. The number of benzene rings is 2. The van der Waals surface area contributed by atoms with Gasteiger partial charge in [0.1, 0.15) is 0 Å². The van der Waals surface area contributed by atoms with Gasteiger partial charge in [0.05, 0.1) is 9.82 Å². The van der Waals surface area contributed by atoms with E-state index >= 15 is 0 Å². The minimum Gasteiger partial charge on any atom is -0.474 e. The van der Waals surface area contributed by atoms with E-state index in [0.29, 0.717) is 5.69 Å². The quantitative estimate of drug-likeness (QED) is 0.569. The second kappa shape index (κ2) is 8.14. The summed E-state index contributed by atoms with van der Waals surface area (Å²) in [6.45, 7) is 1.46. The Balaban J connectivity index is 2.08. The molecule has 0 radical (unpaired) electrons. The molecule has 0 spiro atoms. The number of carbonyl (C=O) groups is 1. The lowest BCUT2D eigenvalue weighted by atomic mass is 10.2. The molecule has 9 nitrogen and oxygen atoms in total. The van der Waals surface area contributed by atoms with Crippen LogP contribution >= 0.6 is 0 Å². The van der Waals surface area contributed by atoms with Gasteiger partial charge < -0.3 is 10.1 Å². The molecule has 1 N–H and O–H groups in total. The second-order valence-electron chi connectivity index (χ2n) is 5.79. The normalized spacial score (nSPS) is 12.4. The van der Waals surface area contributed by atoms with Crippen molar-refractivity contribution in [3.8, 4) is 5.75 Å². The summed E-state index contributed by atoms with van der Waals surface area (Å²) >= 11 is 0. The predicted molar refractivity (Wildman–Crippen MR) is 99.1 cm³/mol. The molecule has 2 rings (SSSR count). The number of ether oxygens (including phenoxy) is 1. The summed E-state index contributed by atoms with van der Waals surface area (Å²) in [5.74, 6) is -0.547. The van der Waals surface area contributed by atoms with Crippen molar-refractivity contribution in [3.05, 3.63) is 58.6 Å². The summed E-state index contributed by atoms with van der Waals surface area (Å²) in [6.07, 6.45) is -1.00. The van der Waals surface area contributed by atoms with Crippen molar-refractivity contribution >= 4 is 27.3 Å². The van der Waals surface area contributed by atoms with Crippen molar-refractivity contribution in [2.75, 3.05) is 19.4 Å². The fraction of sp³-hybridized carbons (Fsp3) is 0.235. The van der Waals surface area contributed by atoms with Crippen LogP contribution in [0.15, 0.2) is 53.4 Å². The predicted octanol–water partition coefficient (Wildman–Crippen LogP) is 2.25. The summed E-state index contributed by atoms with van der Waals surface area (Å²) in [5.41, 5.74) is 0.131. The Bertz CT molecular complexity index is 941. The number of amides is 1. The summed E-state index contributed by atoms with van der Waals surface area (Å²) < 4.78 is 30.5. The van der Waals surface area contributed by atoms with Gasteiger partial charge in [0.2, 0.25) is 10.0 Å². The van der Waals surface area contributed by atoms with E-state index < -0.39 is 27.0 Å². The van der Waals surface area contributed by atoms with Gasteiger partial charge in [-0.1, -0.05) is 12.1 Å². The lowest BCUT2D eigenvalue weighted by Gasteiger charge is -2.15. The number of carbonyl (C=O) groups excluding carboxylic acids is 1. The van der Waals surface area contributed by atoms with Gasteiger partial charge in [-0.15, -0.1) is 0 Å². The van der Waals surface area contributed by atoms with Crippen LogP contribution in [0.25, 0.3) is 0 Å². The van der Waals surface area contributed by atoms with Gasteiger partial charge in [0.25, 0.3) is 5.91 Å². The topological polar surface area (TPSA) is 119 Å². The highest BCUT2D eigenvalue weighted by molar-refractivity contribution is 7.89.